The second kappa shape index (κ2) is 4.06. The predicted octanol–water partition coefficient (Wildman–Crippen LogP) is 1.92. The molecule has 0 fully saturated rings. The lowest BCUT2D eigenvalue weighted by molar-refractivity contribution is -0.115. The Kier molecular flexibility index (Phi) is 2.60. The molecule has 72 valence electrons. The molecule has 0 saturated carbocycles. The lowest BCUT2D eigenvalue weighted by atomic mass is 10.3. The fourth-order valence-electron chi connectivity index (χ4n) is 1.04. The lowest BCUT2D eigenvalue weighted by Gasteiger charge is -1.98. The first-order valence-corrected chi connectivity index (χ1v) is 4.94. The highest BCUT2D eigenvalue weighted by molar-refractivity contribution is 7.10. The topological polar surface area (TPSA) is 55.1 Å². The van der Waals surface area contributed by atoms with Crippen molar-refractivity contribution in [3.05, 3.63) is 34.8 Å². The number of rotatable bonds is 3. The maximum absolute atomic E-state index is 11.4. The summed E-state index contributed by atoms with van der Waals surface area (Å²) in [6.45, 7) is 0. The van der Waals surface area contributed by atoms with E-state index in [0.29, 0.717) is 12.1 Å². The van der Waals surface area contributed by atoms with Crippen molar-refractivity contribution in [3.8, 4) is 0 Å². The number of amides is 1. The van der Waals surface area contributed by atoms with E-state index in [1.165, 1.54) is 12.5 Å². The number of anilines is 1. The molecule has 5 heteroatoms. The number of hydrogen-bond donors (Lipinski definition) is 1. The van der Waals surface area contributed by atoms with Gasteiger partial charge in [-0.05, 0) is 11.4 Å². The number of nitrogens with one attached hydrogen (secondary N) is 1. The van der Waals surface area contributed by atoms with E-state index in [2.05, 4.69) is 15.0 Å². The molecule has 2 heterocycles. The van der Waals surface area contributed by atoms with Gasteiger partial charge in [0, 0.05) is 4.88 Å². The van der Waals surface area contributed by atoms with E-state index in [-0.39, 0.29) is 5.91 Å². The molecule has 0 aliphatic carbocycles. The van der Waals surface area contributed by atoms with Crippen LogP contribution in [0.1, 0.15) is 4.88 Å². The third kappa shape index (κ3) is 2.20. The average molecular weight is 208 g/mol. The zero-order valence-electron chi connectivity index (χ0n) is 7.27. The van der Waals surface area contributed by atoms with Crippen molar-refractivity contribution in [2.24, 2.45) is 0 Å². The van der Waals surface area contributed by atoms with E-state index < -0.39 is 0 Å². The van der Waals surface area contributed by atoms with Crippen LogP contribution in [0, 0.1) is 0 Å². The third-order valence-corrected chi connectivity index (χ3v) is 2.51. The second-order valence-electron chi connectivity index (χ2n) is 2.72. The lowest BCUT2D eigenvalue weighted by Crippen LogP contribution is -2.12. The first-order chi connectivity index (χ1) is 6.84. The molecule has 4 nitrogen and oxygen atoms in total. The van der Waals surface area contributed by atoms with Crippen molar-refractivity contribution in [2.45, 2.75) is 6.42 Å². The van der Waals surface area contributed by atoms with Crippen LogP contribution in [-0.4, -0.2) is 11.1 Å². The van der Waals surface area contributed by atoms with Crippen LogP contribution in [-0.2, 0) is 11.2 Å². The average Bonchev–Trinajstić information content (AvgIpc) is 2.76. The van der Waals surface area contributed by atoms with Gasteiger partial charge in [0.2, 0.25) is 5.91 Å². The quantitative estimate of drug-likeness (QED) is 0.838. The van der Waals surface area contributed by atoms with Crippen molar-refractivity contribution in [1.82, 2.24) is 5.16 Å². The van der Waals surface area contributed by atoms with Crippen molar-refractivity contribution < 1.29 is 9.32 Å². The molecular formula is C9H8N2O2S. The Balaban J connectivity index is 1.91. The van der Waals surface area contributed by atoms with Crippen LogP contribution >= 0.6 is 11.3 Å². The maximum atomic E-state index is 11.4. The summed E-state index contributed by atoms with van der Waals surface area (Å²) < 4.78 is 4.59. The Morgan fingerprint density at radius 1 is 1.64 bits per heavy atom. The van der Waals surface area contributed by atoms with Crippen LogP contribution in [0.2, 0.25) is 0 Å². The molecule has 0 aromatic carbocycles. The fraction of sp³-hybridized carbons (Fsp3) is 0.111. The number of carbonyl (C=O) groups is 1. The first kappa shape index (κ1) is 8.96. The van der Waals surface area contributed by atoms with Crippen LogP contribution in [0.5, 0.6) is 0 Å². The van der Waals surface area contributed by atoms with Crippen molar-refractivity contribution >= 4 is 22.9 Å². The fourth-order valence-corrected chi connectivity index (χ4v) is 1.75. The van der Waals surface area contributed by atoms with E-state index >= 15 is 0 Å². The van der Waals surface area contributed by atoms with Gasteiger partial charge in [0.05, 0.1) is 12.6 Å². The van der Waals surface area contributed by atoms with Crippen LogP contribution < -0.4 is 5.32 Å². The van der Waals surface area contributed by atoms with E-state index in [0.717, 1.165) is 4.88 Å². The number of aromatic nitrogens is 1. The minimum atomic E-state index is -0.0596. The molecule has 0 spiro atoms. The van der Waals surface area contributed by atoms with Gasteiger partial charge in [-0.3, -0.25) is 4.79 Å². The Labute approximate surface area is 84.5 Å². The normalized spacial score (nSPS) is 10.0. The summed E-state index contributed by atoms with van der Waals surface area (Å²) in [4.78, 5) is 12.4. The van der Waals surface area contributed by atoms with E-state index in [1.54, 1.807) is 11.3 Å². The standard InChI is InChI=1S/C9H8N2O2S/c12-9(4-8-2-1-3-14-8)11-7-5-10-13-6-7/h1-3,5-6H,4H2,(H,11,12). The zero-order chi connectivity index (χ0) is 9.80. The second-order valence-corrected chi connectivity index (χ2v) is 3.75. The van der Waals surface area contributed by atoms with Crippen LogP contribution in [0.3, 0.4) is 0 Å². The molecule has 2 aromatic rings. The highest BCUT2D eigenvalue weighted by Crippen LogP contribution is 2.10. The molecule has 1 amide bonds. The van der Waals surface area contributed by atoms with Crippen LogP contribution in [0.25, 0.3) is 0 Å². The summed E-state index contributed by atoms with van der Waals surface area (Å²) in [6, 6.07) is 3.85. The van der Waals surface area contributed by atoms with Gasteiger partial charge in [-0.1, -0.05) is 11.2 Å². The highest BCUT2D eigenvalue weighted by atomic mass is 32.1. The van der Waals surface area contributed by atoms with Gasteiger partial charge in [-0.25, -0.2) is 0 Å². The molecule has 14 heavy (non-hydrogen) atoms. The van der Waals surface area contributed by atoms with E-state index in [1.807, 2.05) is 17.5 Å². The van der Waals surface area contributed by atoms with Crippen molar-refractivity contribution in [2.75, 3.05) is 5.32 Å². The highest BCUT2D eigenvalue weighted by Gasteiger charge is 2.05. The Hall–Kier alpha value is -1.62. The Morgan fingerprint density at radius 2 is 2.57 bits per heavy atom. The summed E-state index contributed by atoms with van der Waals surface area (Å²) in [5.41, 5.74) is 0.589. The molecule has 0 saturated heterocycles. The van der Waals surface area contributed by atoms with Gasteiger partial charge in [0.25, 0.3) is 0 Å². The Bertz CT molecular complexity index is 356. The van der Waals surface area contributed by atoms with Gasteiger partial charge < -0.3 is 9.84 Å². The molecule has 0 atom stereocenters. The number of thiophene rings is 1. The zero-order valence-corrected chi connectivity index (χ0v) is 8.08. The van der Waals surface area contributed by atoms with Gasteiger partial charge in [0.15, 0.2) is 0 Å². The van der Waals surface area contributed by atoms with Crippen molar-refractivity contribution in [3.63, 3.8) is 0 Å². The largest absolute Gasteiger partial charge is 0.363 e. The van der Waals surface area contributed by atoms with Crippen LogP contribution in [0.4, 0.5) is 5.69 Å². The number of hydrogen-bond acceptors (Lipinski definition) is 4. The summed E-state index contributed by atoms with van der Waals surface area (Å²) in [5, 5.41) is 8.10. The minimum Gasteiger partial charge on any atom is -0.363 e. The van der Waals surface area contributed by atoms with Gasteiger partial charge >= 0.3 is 0 Å². The number of carbonyl (C=O) groups excluding carboxylic acids is 1. The van der Waals surface area contributed by atoms with E-state index in [4.69, 9.17) is 0 Å². The molecule has 2 aromatic heterocycles. The van der Waals surface area contributed by atoms with Gasteiger partial charge in [-0.15, -0.1) is 11.3 Å². The molecule has 1 N–H and O–H groups in total. The van der Waals surface area contributed by atoms with E-state index in [9.17, 15) is 4.79 Å². The summed E-state index contributed by atoms with van der Waals surface area (Å²) in [7, 11) is 0. The molecular weight excluding hydrogens is 200 g/mol. The SMILES string of the molecule is O=C(Cc1cccs1)Nc1cnoc1. The van der Waals surface area contributed by atoms with Crippen LogP contribution in [0.15, 0.2) is 34.5 Å². The molecule has 0 radical (unpaired) electrons. The molecule has 0 bridgehead atoms. The first-order valence-electron chi connectivity index (χ1n) is 4.06. The molecule has 0 aliphatic heterocycles. The van der Waals surface area contributed by atoms with Gasteiger partial charge in [0.1, 0.15) is 12.0 Å². The number of nitrogens with zero attached hydrogens (tertiary/aromatic N) is 1. The predicted molar refractivity (Wildman–Crippen MR) is 53.2 cm³/mol. The summed E-state index contributed by atoms with van der Waals surface area (Å²) >= 11 is 1.56. The maximum Gasteiger partial charge on any atom is 0.229 e. The summed E-state index contributed by atoms with van der Waals surface area (Å²) in [5.74, 6) is -0.0596. The molecule has 0 unspecified atom stereocenters. The molecule has 0 aliphatic rings. The summed E-state index contributed by atoms with van der Waals surface area (Å²) in [6.07, 6.45) is 3.25. The minimum absolute atomic E-state index is 0.0596. The van der Waals surface area contributed by atoms with Crippen molar-refractivity contribution in [1.29, 1.82) is 0 Å². The monoisotopic (exact) mass is 208 g/mol. The molecule has 2 rings (SSSR count). The van der Waals surface area contributed by atoms with Gasteiger partial charge in [-0.2, -0.15) is 0 Å². The third-order valence-electron chi connectivity index (χ3n) is 1.63. The smallest absolute Gasteiger partial charge is 0.229 e. The Morgan fingerprint density at radius 3 is 3.21 bits per heavy atom.